The van der Waals surface area contributed by atoms with Crippen molar-refractivity contribution in [2.45, 2.75) is 25.3 Å². The third kappa shape index (κ3) is 5.30. The Morgan fingerprint density at radius 1 is 0.818 bits per heavy atom. The molecule has 0 unspecified atom stereocenters. The van der Waals surface area contributed by atoms with Crippen LogP contribution in [0.4, 0.5) is 5.69 Å². The van der Waals surface area contributed by atoms with E-state index in [1.54, 1.807) is 24.3 Å². The minimum atomic E-state index is -3.89. The molecule has 6 heteroatoms. The van der Waals surface area contributed by atoms with E-state index in [1.165, 1.54) is 4.31 Å². The molecule has 0 aliphatic rings. The van der Waals surface area contributed by atoms with Crippen molar-refractivity contribution >= 4 is 32.4 Å². The molecule has 4 rings (SSSR count). The Balaban J connectivity index is 1.63. The quantitative estimate of drug-likeness (QED) is 0.409. The van der Waals surface area contributed by atoms with Crippen molar-refractivity contribution in [3.05, 3.63) is 108 Å². The Labute approximate surface area is 194 Å². The number of amides is 1. The van der Waals surface area contributed by atoms with Crippen LogP contribution in [0.2, 0.25) is 0 Å². The van der Waals surface area contributed by atoms with Gasteiger partial charge in [0.1, 0.15) is 0 Å². The zero-order valence-electron chi connectivity index (χ0n) is 18.7. The number of hydrogen-bond acceptors (Lipinski definition) is 3. The van der Waals surface area contributed by atoms with Crippen LogP contribution in [0.25, 0.3) is 10.8 Å². The number of hydrogen-bond donors (Lipinski definition) is 1. The predicted molar refractivity (Wildman–Crippen MR) is 133 cm³/mol. The maximum absolute atomic E-state index is 13.5. The zero-order valence-corrected chi connectivity index (χ0v) is 19.5. The molecule has 0 radical (unpaired) electrons. The van der Waals surface area contributed by atoms with Crippen molar-refractivity contribution in [1.82, 2.24) is 4.31 Å². The van der Waals surface area contributed by atoms with E-state index in [9.17, 15) is 13.2 Å². The lowest BCUT2D eigenvalue weighted by molar-refractivity contribution is -0.116. The third-order valence-electron chi connectivity index (χ3n) is 5.48. The second kappa shape index (κ2) is 9.57. The van der Waals surface area contributed by atoms with Crippen LogP contribution in [-0.2, 0) is 21.4 Å². The number of benzene rings is 4. The number of fused-ring (bicyclic) bond motifs is 1. The lowest BCUT2D eigenvalue weighted by Crippen LogP contribution is -2.37. The van der Waals surface area contributed by atoms with E-state index < -0.39 is 15.9 Å². The molecule has 33 heavy (non-hydrogen) atoms. The van der Waals surface area contributed by atoms with Crippen molar-refractivity contribution in [2.24, 2.45) is 0 Å². The summed E-state index contributed by atoms with van der Waals surface area (Å²) in [6.07, 6.45) is 0. The summed E-state index contributed by atoms with van der Waals surface area (Å²) >= 11 is 0. The van der Waals surface area contributed by atoms with Gasteiger partial charge in [0.05, 0.1) is 11.4 Å². The van der Waals surface area contributed by atoms with E-state index in [-0.39, 0.29) is 18.0 Å². The van der Waals surface area contributed by atoms with E-state index in [1.807, 2.05) is 80.6 Å². The van der Waals surface area contributed by atoms with Gasteiger partial charge in [-0.15, -0.1) is 0 Å². The van der Waals surface area contributed by atoms with Gasteiger partial charge in [-0.25, -0.2) is 8.42 Å². The molecule has 0 spiro atoms. The van der Waals surface area contributed by atoms with Gasteiger partial charge in [-0.1, -0.05) is 83.9 Å². The van der Waals surface area contributed by atoms with E-state index in [2.05, 4.69) is 5.32 Å². The van der Waals surface area contributed by atoms with Crippen molar-refractivity contribution in [3.63, 3.8) is 0 Å². The number of rotatable bonds is 7. The minimum Gasteiger partial charge on any atom is -0.324 e. The number of nitrogens with one attached hydrogen (secondary N) is 1. The molecule has 168 valence electrons. The minimum absolute atomic E-state index is 0.0981. The Morgan fingerprint density at radius 3 is 2.27 bits per heavy atom. The van der Waals surface area contributed by atoms with Crippen molar-refractivity contribution < 1.29 is 13.2 Å². The van der Waals surface area contributed by atoms with Gasteiger partial charge in [0.15, 0.2) is 0 Å². The van der Waals surface area contributed by atoms with E-state index >= 15 is 0 Å². The van der Waals surface area contributed by atoms with Crippen molar-refractivity contribution in [1.29, 1.82) is 0 Å². The second-order valence-corrected chi connectivity index (χ2v) is 10.1. The molecule has 0 fully saturated rings. The molecule has 5 nitrogen and oxygen atoms in total. The average Bonchev–Trinajstić information content (AvgIpc) is 2.79. The monoisotopic (exact) mass is 458 g/mol. The van der Waals surface area contributed by atoms with Crippen LogP contribution in [0.3, 0.4) is 0 Å². The van der Waals surface area contributed by atoms with Crippen molar-refractivity contribution in [3.8, 4) is 0 Å². The summed E-state index contributed by atoms with van der Waals surface area (Å²) in [6.45, 7) is 3.66. The molecule has 0 aromatic heterocycles. The topological polar surface area (TPSA) is 66.5 Å². The van der Waals surface area contributed by atoms with Gasteiger partial charge in [-0.2, -0.15) is 4.31 Å². The highest BCUT2D eigenvalue weighted by atomic mass is 32.2. The number of aryl methyl sites for hydroxylation is 2. The van der Waals surface area contributed by atoms with Crippen LogP contribution in [-0.4, -0.2) is 25.2 Å². The molecule has 0 bridgehead atoms. The van der Waals surface area contributed by atoms with Gasteiger partial charge in [-0.05, 0) is 43.0 Å². The highest BCUT2D eigenvalue weighted by Gasteiger charge is 2.27. The number of nitrogens with zero attached hydrogens (tertiary/aromatic N) is 1. The van der Waals surface area contributed by atoms with Crippen LogP contribution < -0.4 is 5.32 Å². The van der Waals surface area contributed by atoms with Crippen LogP contribution >= 0.6 is 0 Å². The molecule has 0 atom stereocenters. The molecule has 0 heterocycles. The summed E-state index contributed by atoms with van der Waals surface area (Å²) in [5.74, 6) is -0.394. The molecule has 4 aromatic rings. The van der Waals surface area contributed by atoms with Crippen LogP contribution in [0, 0.1) is 13.8 Å². The largest absolute Gasteiger partial charge is 0.324 e. The lowest BCUT2D eigenvalue weighted by atomic mass is 10.1. The maximum Gasteiger partial charge on any atom is 0.243 e. The summed E-state index contributed by atoms with van der Waals surface area (Å²) in [7, 11) is -3.89. The van der Waals surface area contributed by atoms with E-state index in [0.29, 0.717) is 5.69 Å². The molecule has 0 aliphatic carbocycles. The van der Waals surface area contributed by atoms with Gasteiger partial charge in [0, 0.05) is 17.6 Å². The van der Waals surface area contributed by atoms with E-state index in [4.69, 9.17) is 0 Å². The summed E-state index contributed by atoms with van der Waals surface area (Å²) < 4.78 is 28.2. The van der Waals surface area contributed by atoms with Crippen LogP contribution in [0.5, 0.6) is 0 Å². The summed E-state index contributed by atoms with van der Waals surface area (Å²) in [6, 6.07) is 27.7. The van der Waals surface area contributed by atoms with E-state index in [0.717, 1.165) is 27.5 Å². The standard InChI is InChI=1S/C27H26N2O3S/c1-20-13-15-24(16-14-20)33(31,32)29(18-22-8-5-7-21(2)17-22)19-27(30)28-26-12-6-10-23-9-3-4-11-25(23)26/h3-17H,18-19H2,1-2H3,(H,28,30). The first-order valence-electron chi connectivity index (χ1n) is 10.7. The molecule has 1 N–H and O–H groups in total. The SMILES string of the molecule is Cc1ccc(S(=O)(=O)N(CC(=O)Nc2cccc3ccccc23)Cc2cccc(C)c2)cc1. The predicted octanol–water partition coefficient (Wildman–Crippen LogP) is 5.29. The Hall–Kier alpha value is -3.48. The molecular formula is C27H26N2O3S. The Morgan fingerprint density at radius 2 is 1.52 bits per heavy atom. The van der Waals surface area contributed by atoms with Gasteiger partial charge in [0.2, 0.25) is 15.9 Å². The highest BCUT2D eigenvalue weighted by Crippen LogP contribution is 2.24. The molecule has 0 saturated carbocycles. The average molecular weight is 459 g/mol. The molecule has 0 aliphatic heterocycles. The zero-order chi connectivity index (χ0) is 23.4. The maximum atomic E-state index is 13.5. The fourth-order valence-electron chi connectivity index (χ4n) is 3.78. The number of anilines is 1. The number of carbonyl (C=O) groups excluding carboxylic acids is 1. The Kier molecular flexibility index (Phi) is 6.58. The first-order valence-corrected chi connectivity index (χ1v) is 12.2. The smallest absolute Gasteiger partial charge is 0.243 e. The fraction of sp³-hybridized carbons (Fsp3) is 0.148. The van der Waals surface area contributed by atoms with Gasteiger partial charge in [0.25, 0.3) is 0 Å². The third-order valence-corrected chi connectivity index (χ3v) is 7.29. The van der Waals surface area contributed by atoms with Gasteiger partial charge >= 0.3 is 0 Å². The summed E-state index contributed by atoms with van der Waals surface area (Å²) in [5, 5.41) is 4.80. The van der Waals surface area contributed by atoms with Crippen LogP contribution in [0.1, 0.15) is 16.7 Å². The van der Waals surface area contributed by atoms with Gasteiger partial charge in [-0.3, -0.25) is 4.79 Å². The molecule has 4 aromatic carbocycles. The fourth-order valence-corrected chi connectivity index (χ4v) is 5.17. The van der Waals surface area contributed by atoms with Crippen LogP contribution in [0.15, 0.2) is 95.9 Å². The number of carbonyl (C=O) groups is 1. The molecule has 1 amide bonds. The van der Waals surface area contributed by atoms with Crippen molar-refractivity contribution in [2.75, 3.05) is 11.9 Å². The summed E-state index contributed by atoms with van der Waals surface area (Å²) in [5.41, 5.74) is 3.47. The first kappa shape index (κ1) is 22.7. The second-order valence-electron chi connectivity index (χ2n) is 8.15. The number of sulfonamides is 1. The normalized spacial score (nSPS) is 11.6. The Bertz CT molecular complexity index is 1390. The lowest BCUT2D eigenvalue weighted by Gasteiger charge is -2.22. The first-order chi connectivity index (χ1) is 15.8. The highest BCUT2D eigenvalue weighted by molar-refractivity contribution is 7.89. The molecular weight excluding hydrogens is 432 g/mol. The summed E-state index contributed by atoms with van der Waals surface area (Å²) in [4.78, 5) is 13.2. The molecule has 0 saturated heterocycles. The van der Waals surface area contributed by atoms with Gasteiger partial charge < -0.3 is 5.32 Å².